The number of carbonyl (C=O) groups excluding carboxylic acids is 2. The van der Waals surface area contributed by atoms with Crippen molar-refractivity contribution in [3.8, 4) is 0 Å². The zero-order valence-electron chi connectivity index (χ0n) is 9.80. The van der Waals surface area contributed by atoms with Gasteiger partial charge in [0, 0.05) is 14.0 Å². The molecule has 0 aromatic carbocycles. The van der Waals surface area contributed by atoms with Crippen LogP contribution in [0.5, 0.6) is 0 Å². The van der Waals surface area contributed by atoms with E-state index in [1.54, 1.807) is 0 Å². The molecule has 0 bridgehead atoms. The van der Waals surface area contributed by atoms with E-state index in [-0.39, 0.29) is 26.1 Å². The van der Waals surface area contributed by atoms with Crippen LogP contribution in [0.25, 0.3) is 0 Å². The summed E-state index contributed by atoms with van der Waals surface area (Å²) in [4.78, 5) is 32.0. The Bertz CT molecular complexity index is 274. The van der Waals surface area contributed by atoms with E-state index in [0.717, 1.165) is 0 Å². The van der Waals surface area contributed by atoms with E-state index in [4.69, 9.17) is 19.3 Å². The molecule has 1 N–H and O–H groups in total. The third-order valence-electron chi connectivity index (χ3n) is 1.66. The molecule has 0 amide bonds. The lowest BCUT2D eigenvalue weighted by Crippen LogP contribution is -2.28. The van der Waals surface area contributed by atoms with Crippen molar-refractivity contribution in [2.75, 3.05) is 20.3 Å². The van der Waals surface area contributed by atoms with E-state index in [9.17, 15) is 14.4 Å². The molecule has 0 fully saturated rings. The first-order chi connectivity index (χ1) is 7.95. The smallest absolute Gasteiger partial charge is 0.306 e. The lowest BCUT2D eigenvalue weighted by Gasteiger charge is -2.15. The van der Waals surface area contributed by atoms with Gasteiger partial charge in [0.05, 0.1) is 19.4 Å². The van der Waals surface area contributed by atoms with Crippen LogP contribution in [-0.4, -0.2) is 49.4 Å². The number of aliphatic carboxylic acids is 1. The van der Waals surface area contributed by atoms with Gasteiger partial charge in [-0.15, -0.1) is 0 Å². The van der Waals surface area contributed by atoms with Crippen molar-refractivity contribution < 1.29 is 33.7 Å². The topological polar surface area (TPSA) is 99.1 Å². The highest BCUT2D eigenvalue weighted by Gasteiger charge is 2.15. The highest BCUT2D eigenvalue weighted by atomic mass is 16.6. The molecule has 1 atom stereocenters. The average Bonchev–Trinajstić information content (AvgIpc) is 2.22. The van der Waals surface area contributed by atoms with Crippen molar-refractivity contribution in [2.45, 2.75) is 25.9 Å². The van der Waals surface area contributed by atoms with Gasteiger partial charge in [0.15, 0.2) is 6.10 Å². The molecule has 0 heterocycles. The second kappa shape index (κ2) is 8.51. The van der Waals surface area contributed by atoms with Crippen molar-refractivity contribution in [3.05, 3.63) is 0 Å². The van der Waals surface area contributed by atoms with Gasteiger partial charge < -0.3 is 19.3 Å². The number of hydrogen-bond acceptors (Lipinski definition) is 6. The molecular weight excluding hydrogens is 232 g/mol. The van der Waals surface area contributed by atoms with Crippen molar-refractivity contribution >= 4 is 17.9 Å². The Balaban J connectivity index is 3.90. The maximum atomic E-state index is 11.1. The maximum absolute atomic E-state index is 11.1. The molecule has 0 aromatic heterocycles. The predicted octanol–water partition coefficient (Wildman–Crippen LogP) is -0.0275. The molecule has 0 spiro atoms. The highest BCUT2D eigenvalue weighted by molar-refractivity contribution is 5.76. The monoisotopic (exact) mass is 248 g/mol. The van der Waals surface area contributed by atoms with Crippen LogP contribution in [-0.2, 0) is 28.6 Å². The number of methoxy groups -OCH3 is 1. The number of carboxylic acid groups (broad SMARTS) is 1. The fraction of sp³-hybridized carbons (Fsp3) is 0.700. The van der Waals surface area contributed by atoms with Crippen molar-refractivity contribution in [1.82, 2.24) is 0 Å². The summed E-state index contributed by atoms with van der Waals surface area (Å²) >= 11 is 0. The number of hydrogen-bond donors (Lipinski definition) is 1. The van der Waals surface area contributed by atoms with Gasteiger partial charge in [-0.3, -0.25) is 14.4 Å². The van der Waals surface area contributed by atoms with Gasteiger partial charge in [0.2, 0.25) is 0 Å². The minimum atomic E-state index is -1.07. The van der Waals surface area contributed by atoms with Crippen LogP contribution in [0.4, 0.5) is 0 Å². The first kappa shape index (κ1) is 15.4. The van der Waals surface area contributed by atoms with E-state index < -0.39 is 24.0 Å². The Morgan fingerprint density at radius 2 is 1.82 bits per heavy atom. The lowest BCUT2D eigenvalue weighted by atomic mass is 10.3. The van der Waals surface area contributed by atoms with E-state index in [0.29, 0.717) is 0 Å². The molecule has 17 heavy (non-hydrogen) atoms. The van der Waals surface area contributed by atoms with Gasteiger partial charge in [-0.1, -0.05) is 0 Å². The Labute approximate surface area is 98.6 Å². The van der Waals surface area contributed by atoms with Gasteiger partial charge >= 0.3 is 17.9 Å². The number of rotatable bonds is 8. The normalized spacial score (nSPS) is 11.6. The number of carbonyl (C=O) groups is 3. The van der Waals surface area contributed by atoms with Gasteiger partial charge in [0.1, 0.15) is 6.61 Å². The van der Waals surface area contributed by atoms with Gasteiger partial charge in [-0.05, 0) is 0 Å². The van der Waals surface area contributed by atoms with Gasteiger partial charge in [0.25, 0.3) is 0 Å². The summed E-state index contributed by atoms with van der Waals surface area (Å²) in [5, 5.41) is 8.35. The first-order valence-corrected chi connectivity index (χ1v) is 4.99. The molecule has 0 saturated heterocycles. The van der Waals surface area contributed by atoms with E-state index in [1.807, 2.05) is 0 Å². The van der Waals surface area contributed by atoms with Crippen molar-refractivity contribution in [1.29, 1.82) is 0 Å². The molecule has 0 saturated carbocycles. The van der Waals surface area contributed by atoms with Crippen LogP contribution < -0.4 is 0 Å². The summed E-state index contributed by atoms with van der Waals surface area (Å²) in [6.45, 7) is 1.19. The van der Waals surface area contributed by atoms with E-state index in [1.165, 1.54) is 14.0 Å². The molecule has 0 aliphatic rings. The molecule has 1 unspecified atom stereocenters. The lowest BCUT2D eigenvalue weighted by molar-refractivity contribution is -0.160. The average molecular weight is 248 g/mol. The second-order valence-electron chi connectivity index (χ2n) is 3.26. The SMILES string of the molecule is COCC(COC(=O)CCC(=O)O)OC(C)=O. The fourth-order valence-corrected chi connectivity index (χ4v) is 1.00. The molecule has 0 aliphatic heterocycles. The molecule has 0 aromatic rings. The fourth-order valence-electron chi connectivity index (χ4n) is 1.00. The summed E-state index contributed by atoms with van der Waals surface area (Å²) in [6, 6.07) is 0. The molecule has 7 heteroatoms. The maximum Gasteiger partial charge on any atom is 0.306 e. The summed E-state index contributed by atoms with van der Waals surface area (Å²) in [6.07, 6.45) is -1.18. The Hall–Kier alpha value is -1.63. The minimum Gasteiger partial charge on any atom is -0.481 e. The molecule has 0 aliphatic carbocycles. The first-order valence-electron chi connectivity index (χ1n) is 4.99. The van der Waals surface area contributed by atoms with Gasteiger partial charge in [-0.2, -0.15) is 0 Å². The zero-order chi connectivity index (χ0) is 13.3. The molecule has 7 nitrogen and oxygen atoms in total. The van der Waals surface area contributed by atoms with Crippen LogP contribution in [0.3, 0.4) is 0 Å². The Morgan fingerprint density at radius 3 is 2.29 bits per heavy atom. The third kappa shape index (κ3) is 9.31. The van der Waals surface area contributed by atoms with Crippen LogP contribution in [0, 0.1) is 0 Å². The van der Waals surface area contributed by atoms with Gasteiger partial charge in [-0.25, -0.2) is 0 Å². The zero-order valence-corrected chi connectivity index (χ0v) is 9.80. The number of carboxylic acids is 1. The summed E-state index contributed by atoms with van der Waals surface area (Å²) < 4.78 is 14.3. The molecule has 0 rings (SSSR count). The molecular formula is C10H16O7. The quantitative estimate of drug-likeness (QED) is 0.602. The summed E-state index contributed by atoms with van der Waals surface area (Å²) in [7, 11) is 1.42. The Kier molecular flexibility index (Phi) is 7.70. The van der Waals surface area contributed by atoms with Crippen LogP contribution in [0.15, 0.2) is 0 Å². The van der Waals surface area contributed by atoms with Crippen LogP contribution in [0.1, 0.15) is 19.8 Å². The summed E-state index contributed by atoms with van der Waals surface area (Å²) in [5.74, 6) is -2.23. The standard InChI is InChI=1S/C10H16O7/c1-7(11)17-8(5-15-2)6-16-10(14)4-3-9(12)13/h8H,3-6H2,1-2H3,(H,12,13). The summed E-state index contributed by atoms with van der Waals surface area (Å²) in [5.41, 5.74) is 0. The predicted molar refractivity (Wildman–Crippen MR) is 55.3 cm³/mol. The number of ether oxygens (including phenoxy) is 3. The van der Waals surface area contributed by atoms with E-state index in [2.05, 4.69) is 0 Å². The molecule has 98 valence electrons. The van der Waals surface area contributed by atoms with E-state index >= 15 is 0 Å². The largest absolute Gasteiger partial charge is 0.481 e. The van der Waals surface area contributed by atoms with Crippen LogP contribution in [0.2, 0.25) is 0 Å². The Morgan fingerprint density at radius 1 is 1.18 bits per heavy atom. The second-order valence-corrected chi connectivity index (χ2v) is 3.26. The van der Waals surface area contributed by atoms with Crippen LogP contribution >= 0.6 is 0 Å². The molecule has 0 radical (unpaired) electrons. The minimum absolute atomic E-state index is 0.103. The van der Waals surface area contributed by atoms with Crippen molar-refractivity contribution in [2.24, 2.45) is 0 Å². The van der Waals surface area contributed by atoms with Crippen molar-refractivity contribution in [3.63, 3.8) is 0 Å². The third-order valence-corrected chi connectivity index (χ3v) is 1.66. The number of esters is 2. The highest BCUT2D eigenvalue weighted by Crippen LogP contribution is 1.99.